The molecular weight excluding hydrogens is 260 g/mol. The number of hydrogen-bond donors (Lipinski definition) is 1. The molecule has 0 heterocycles. The van der Waals surface area contributed by atoms with E-state index in [-0.39, 0.29) is 6.61 Å². The molecule has 0 bridgehead atoms. The monoisotopic (exact) mass is 276 g/mol. The van der Waals surface area contributed by atoms with Gasteiger partial charge in [0.1, 0.15) is 0 Å². The van der Waals surface area contributed by atoms with E-state index >= 15 is 0 Å². The second kappa shape index (κ2) is 4.99. The molecule has 4 aromatic carbocycles. The molecule has 0 saturated heterocycles. The average Bonchev–Trinajstić information content (AvgIpc) is 2.54. The van der Waals surface area contributed by atoms with Gasteiger partial charge in [-0.05, 0) is 37.9 Å². The topological polar surface area (TPSA) is 29.5 Å². The van der Waals surface area contributed by atoms with Gasteiger partial charge in [0.2, 0.25) is 0 Å². The smallest absolute Gasteiger partial charge is 0.0724 e. The van der Waals surface area contributed by atoms with Crippen molar-refractivity contribution in [3.8, 4) is 0 Å². The van der Waals surface area contributed by atoms with Gasteiger partial charge in [0, 0.05) is 0 Å². The van der Waals surface area contributed by atoms with Crippen molar-refractivity contribution in [2.75, 3.05) is 13.2 Å². The summed E-state index contributed by atoms with van der Waals surface area (Å²) >= 11 is 0. The number of hydrogen-bond acceptors (Lipinski definition) is 2. The maximum absolute atomic E-state index is 8.85. The molecule has 4 aromatic rings. The minimum Gasteiger partial charge on any atom is -0.394 e. The molecule has 0 atom stereocenters. The van der Waals surface area contributed by atoms with Crippen molar-refractivity contribution in [3.63, 3.8) is 0 Å². The maximum atomic E-state index is 8.85. The number of ether oxygens (including phenoxy) is 1. The van der Waals surface area contributed by atoms with Crippen molar-refractivity contribution < 1.29 is 9.84 Å². The standard InChI is InChI=1S/C19H16O2/c20-10-11-21-12-16-7-6-15-5-4-13-2-1-3-14-8-9-17(16)19(15)18(13)14/h1-9,20H,10-12H2. The van der Waals surface area contributed by atoms with E-state index in [4.69, 9.17) is 9.84 Å². The minimum absolute atomic E-state index is 0.0613. The quantitative estimate of drug-likeness (QED) is 0.449. The fraction of sp³-hybridized carbons (Fsp3) is 0.158. The predicted octanol–water partition coefficient (Wildman–Crippen LogP) is 4.09. The Morgan fingerprint density at radius 3 is 2.19 bits per heavy atom. The lowest BCUT2D eigenvalue weighted by Crippen LogP contribution is -2.00. The molecule has 0 aromatic heterocycles. The third-order valence-electron chi connectivity index (χ3n) is 4.11. The van der Waals surface area contributed by atoms with Crippen molar-refractivity contribution in [3.05, 3.63) is 60.2 Å². The molecule has 0 saturated carbocycles. The fourth-order valence-electron chi connectivity index (χ4n) is 3.17. The molecule has 4 rings (SSSR count). The van der Waals surface area contributed by atoms with E-state index in [0.717, 1.165) is 0 Å². The summed E-state index contributed by atoms with van der Waals surface area (Å²) in [6.45, 7) is 0.975. The summed E-state index contributed by atoms with van der Waals surface area (Å²) in [5, 5.41) is 16.6. The van der Waals surface area contributed by atoms with Crippen molar-refractivity contribution in [1.29, 1.82) is 0 Å². The molecule has 0 aliphatic rings. The summed E-state index contributed by atoms with van der Waals surface area (Å²) < 4.78 is 5.51. The molecule has 1 N–H and O–H groups in total. The van der Waals surface area contributed by atoms with Crippen LogP contribution >= 0.6 is 0 Å². The Hall–Kier alpha value is -2.16. The van der Waals surface area contributed by atoms with Crippen LogP contribution in [0.25, 0.3) is 32.3 Å². The molecule has 104 valence electrons. The first-order valence-electron chi connectivity index (χ1n) is 7.22. The van der Waals surface area contributed by atoms with Crippen LogP contribution in [0, 0.1) is 0 Å². The lowest BCUT2D eigenvalue weighted by atomic mass is 9.92. The summed E-state index contributed by atoms with van der Waals surface area (Å²) in [4.78, 5) is 0. The van der Waals surface area contributed by atoms with Crippen molar-refractivity contribution in [2.24, 2.45) is 0 Å². The third-order valence-corrected chi connectivity index (χ3v) is 4.11. The van der Waals surface area contributed by atoms with E-state index < -0.39 is 0 Å². The molecule has 0 spiro atoms. The Morgan fingerprint density at radius 1 is 0.762 bits per heavy atom. The van der Waals surface area contributed by atoms with Crippen LogP contribution < -0.4 is 0 Å². The van der Waals surface area contributed by atoms with E-state index in [1.165, 1.54) is 37.9 Å². The van der Waals surface area contributed by atoms with E-state index in [2.05, 4.69) is 54.6 Å². The van der Waals surface area contributed by atoms with Crippen LogP contribution in [0.4, 0.5) is 0 Å². The zero-order valence-electron chi connectivity index (χ0n) is 11.7. The van der Waals surface area contributed by atoms with Gasteiger partial charge in [-0.15, -0.1) is 0 Å². The Bertz CT molecular complexity index is 895. The molecule has 2 nitrogen and oxygen atoms in total. The van der Waals surface area contributed by atoms with Crippen LogP contribution in [-0.4, -0.2) is 18.3 Å². The SMILES string of the molecule is OCCOCc1ccc2ccc3cccc4ccc1c2c34. The van der Waals surface area contributed by atoms with Gasteiger partial charge in [-0.1, -0.05) is 54.6 Å². The highest BCUT2D eigenvalue weighted by Gasteiger charge is 2.10. The van der Waals surface area contributed by atoms with Gasteiger partial charge in [0.05, 0.1) is 19.8 Å². The Balaban J connectivity index is 2.01. The lowest BCUT2D eigenvalue weighted by Gasteiger charge is -2.13. The van der Waals surface area contributed by atoms with E-state index in [0.29, 0.717) is 13.2 Å². The molecule has 0 radical (unpaired) electrons. The maximum Gasteiger partial charge on any atom is 0.0724 e. The third kappa shape index (κ3) is 1.96. The van der Waals surface area contributed by atoms with Crippen LogP contribution in [0.3, 0.4) is 0 Å². The molecule has 21 heavy (non-hydrogen) atoms. The zero-order valence-corrected chi connectivity index (χ0v) is 11.7. The van der Waals surface area contributed by atoms with Crippen molar-refractivity contribution in [1.82, 2.24) is 0 Å². The number of rotatable bonds is 4. The first-order valence-corrected chi connectivity index (χ1v) is 7.22. The van der Waals surface area contributed by atoms with Gasteiger partial charge in [-0.3, -0.25) is 0 Å². The normalized spacial score (nSPS) is 11.9. The second-order valence-electron chi connectivity index (χ2n) is 5.36. The van der Waals surface area contributed by atoms with Gasteiger partial charge in [0.25, 0.3) is 0 Å². The van der Waals surface area contributed by atoms with Gasteiger partial charge >= 0.3 is 0 Å². The van der Waals surface area contributed by atoms with E-state index in [1.807, 2.05) is 0 Å². The molecule has 0 unspecified atom stereocenters. The predicted molar refractivity (Wildman–Crippen MR) is 86.9 cm³/mol. The second-order valence-corrected chi connectivity index (χ2v) is 5.36. The highest BCUT2D eigenvalue weighted by molar-refractivity contribution is 6.23. The zero-order chi connectivity index (χ0) is 14.2. The van der Waals surface area contributed by atoms with Gasteiger partial charge in [-0.2, -0.15) is 0 Å². The summed E-state index contributed by atoms with van der Waals surface area (Å²) in [6, 6.07) is 19.4. The number of aliphatic hydroxyl groups excluding tert-OH is 1. The fourth-order valence-corrected chi connectivity index (χ4v) is 3.17. The minimum atomic E-state index is 0.0613. The molecular formula is C19H16O2. The van der Waals surface area contributed by atoms with Crippen LogP contribution in [0.15, 0.2) is 54.6 Å². The molecule has 0 fully saturated rings. The van der Waals surface area contributed by atoms with E-state index in [9.17, 15) is 0 Å². The number of aliphatic hydroxyl groups is 1. The Morgan fingerprint density at radius 2 is 1.43 bits per heavy atom. The lowest BCUT2D eigenvalue weighted by molar-refractivity contribution is 0.0822. The molecule has 0 amide bonds. The Labute approximate surface area is 122 Å². The largest absolute Gasteiger partial charge is 0.394 e. The molecule has 0 aliphatic heterocycles. The van der Waals surface area contributed by atoms with Crippen LogP contribution in [0.5, 0.6) is 0 Å². The van der Waals surface area contributed by atoms with Crippen LogP contribution in [-0.2, 0) is 11.3 Å². The molecule has 2 heteroatoms. The highest BCUT2D eigenvalue weighted by atomic mass is 16.5. The first-order chi connectivity index (χ1) is 10.4. The van der Waals surface area contributed by atoms with Crippen molar-refractivity contribution >= 4 is 32.3 Å². The molecule has 0 aliphatic carbocycles. The van der Waals surface area contributed by atoms with E-state index in [1.54, 1.807) is 0 Å². The van der Waals surface area contributed by atoms with Crippen LogP contribution in [0.2, 0.25) is 0 Å². The van der Waals surface area contributed by atoms with Crippen molar-refractivity contribution in [2.45, 2.75) is 6.61 Å². The van der Waals surface area contributed by atoms with Gasteiger partial charge in [-0.25, -0.2) is 0 Å². The summed E-state index contributed by atoms with van der Waals surface area (Å²) in [5.74, 6) is 0. The summed E-state index contributed by atoms with van der Waals surface area (Å²) in [6.07, 6.45) is 0. The van der Waals surface area contributed by atoms with Gasteiger partial charge < -0.3 is 9.84 Å². The highest BCUT2D eigenvalue weighted by Crippen LogP contribution is 2.35. The van der Waals surface area contributed by atoms with Gasteiger partial charge in [0.15, 0.2) is 0 Å². The summed E-state index contributed by atoms with van der Waals surface area (Å²) in [7, 11) is 0. The van der Waals surface area contributed by atoms with Crippen LogP contribution in [0.1, 0.15) is 5.56 Å². The Kier molecular flexibility index (Phi) is 2.99. The first kappa shape index (κ1) is 12.6. The average molecular weight is 276 g/mol. The number of benzene rings is 4. The summed E-state index contributed by atoms with van der Waals surface area (Å²) in [5.41, 5.74) is 1.18.